The van der Waals surface area contributed by atoms with Gasteiger partial charge in [0.05, 0.1) is 6.61 Å². The van der Waals surface area contributed by atoms with Gasteiger partial charge in [-0.2, -0.15) is 0 Å². The Morgan fingerprint density at radius 1 is 0.476 bits per heavy atom. The molecule has 0 bridgehead atoms. The van der Waals surface area contributed by atoms with E-state index in [0.29, 0.717) is 12.8 Å². The standard InChI is InChI=1S/C49H93O13P/c1-3-5-7-9-11-13-15-17-19-20-21-22-24-25-27-29-31-33-35-37-42(50)59-39-41(40-60-63(57,58)62-49-47(55)45(53)44(52)46(54)48(49)56)61-43(51)38-36-34-32-30-28-26-23-18-16-14-12-10-8-6-4-2/h32,34,41,44-49,52-56H,3-31,33,35-40H2,1-2H3,(H,57,58)/b34-32+/t41-,44?,45-,46?,47?,48?,49?/m0/s1. The van der Waals surface area contributed by atoms with Crippen molar-refractivity contribution < 1.29 is 63.1 Å². The van der Waals surface area contributed by atoms with Gasteiger partial charge in [0, 0.05) is 12.8 Å². The molecule has 0 aromatic carbocycles. The van der Waals surface area contributed by atoms with Crippen molar-refractivity contribution in [3.63, 3.8) is 0 Å². The number of carbonyl (C=O) groups is 2. The van der Waals surface area contributed by atoms with Crippen LogP contribution in [0, 0.1) is 0 Å². The molecule has 0 radical (unpaired) electrons. The smallest absolute Gasteiger partial charge is 0.462 e. The van der Waals surface area contributed by atoms with E-state index in [9.17, 15) is 44.6 Å². The predicted molar refractivity (Wildman–Crippen MR) is 249 cm³/mol. The topological polar surface area (TPSA) is 210 Å². The van der Waals surface area contributed by atoms with Crippen molar-refractivity contribution in [3.05, 3.63) is 12.2 Å². The van der Waals surface area contributed by atoms with Gasteiger partial charge in [-0.25, -0.2) is 4.57 Å². The van der Waals surface area contributed by atoms with Gasteiger partial charge in [-0.1, -0.05) is 206 Å². The molecule has 6 N–H and O–H groups in total. The fourth-order valence-corrected chi connectivity index (χ4v) is 8.99. The molecule has 0 amide bonds. The minimum absolute atomic E-state index is 0.0183. The molecule has 6 unspecified atom stereocenters. The Morgan fingerprint density at radius 2 is 0.841 bits per heavy atom. The molecule has 372 valence electrons. The predicted octanol–water partition coefficient (Wildman–Crippen LogP) is 10.6. The second-order valence-corrected chi connectivity index (χ2v) is 19.4. The molecule has 14 heteroatoms. The second kappa shape index (κ2) is 39.7. The van der Waals surface area contributed by atoms with Crippen LogP contribution in [0.25, 0.3) is 0 Å². The highest BCUT2D eigenvalue weighted by molar-refractivity contribution is 7.47. The molecule has 0 spiro atoms. The van der Waals surface area contributed by atoms with Gasteiger partial charge in [0.1, 0.15) is 43.2 Å². The quantitative estimate of drug-likeness (QED) is 0.0146. The maximum absolute atomic E-state index is 12.8. The van der Waals surface area contributed by atoms with Gasteiger partial charge in [0.15, 0.2) is 6.10 Å². The van der Waals surface area contributed by atoms with Gasteiger partial charge >= 0.3 is 19.8 Å². The molecular weight excluding hydrogens is 828 g/mol. The van der Waals surface area contributed by atoms with Crippen molar-refractivity contribution in [2.24, 2.45) is 0 Å². The van der Waals surface area contributed by atoms with Crippen molar-refractivity contribution in [2.75, 3.05) is 13.2 Å². The summed E-state index contributed by atoms with van der Waals surface area (Å²) in [4.78, 5) is 35.8. The van der Waals surface area contributed by atoms with Crippen LogP contribution in [0.1, 0.15) is 232 Å². The highest BCUT2D eigenvalue weighted by atomic mass is 31.2. The first kappa shape index (κ1) is 59.6. The number of esters is 2. The Labute approximate surface area is 382 Å². The van der Waals surface area contributed by atoms with E-state index in [4.69, 9.17) is 18.5 Å². The summed E-state index contributed by atoms with van der Waals surface area (Å²) in [6, 6.07) is 0. The molecule has 0 saturated heterocycles. The third kappa shape index (κ3) is 32.0. The number of carbonyl (C=O) groups excluding carboxylic acids is 2. The van der Waals surface area contributed by atoms with E-state index < -0.39 is 75.7 Å². The number of phosphoric ester groups is 1. The first-order valence-electron chi connectivity index (χ1n) is 25.5. The average molecular weight is 921 g/mol. The zero-order valence-corrected chi connectivity index (χ0v) is 40.5. The molecular formula is C49H93O13P. The van der Waals surface area contributed by atoms with Gasteiger partial charge in [0.2, 0.25) is 0 Å². The summed E-state index contributed by atoms with van der Waals surface area (Å²) in [7, 11) is -5.12. The van der Waals surface area contributed by atoms with Crippen LogP contribution in [0.15, 0.2) is 12.2 Å². The van der Waals surface area contributed by atoms with Crippen molar-refractivity contribution in [1.82, 2.24) is 0 Å². The fraction of sp³-hybridized carbons (Fsp3) is 0.918. The number of ether oxygens (including phenoxy) is 2. The van der Waals surface area contributed by atoms with Crippen LogP contribution in [-0.4, -0.2) is 98.3 Å². The summed E-state index contributed by atoms with van der Waals surface area (Å²) in [5, 5.41) is 50.2. The number of aliphatic hydroxyl groups excluding tert-OH is 5. The van der Waals surface area contributed by atoms with Gasteiger partial charge < -0.3 is 39.9 Å². The molecule has 1 fully saturated rings. The van der Waals surface area contributed by atoms with Crippen molar-refractivity contribution in [1.29, 1.82) is 0 Å². The van der Waals surface area contributed by atoms with E-state index in [2.05, 4.69) is 13.8 Å². The maximum Gasteiger partial charge on any atom is 0.472 e. The molecule has 8 atom stereocenters. The van der Waals surface area contributed by atoms with Gasteiger partial charge in [-0.3, -0.25) is 18.6 Å². The highest BCUT2D eigenvalue weighted by Crippen LogP contribution is 2.47. The van der Waals surface area contributed by atoms with Gasteiger partial charge in [0.25, 0.3) is 0 Å². The molecule has 0 heterocycles. The molecule has 13 nitrogen and oxygen atoms in total. The van der Waals surface area contributed by atoms with E-state index in [1.807, 2.05) is 12.2 Å². The lowest BCUT2D eigenvalue weighted by molar-refractivity contribution is -0.220. The molecule has 0 aliphatic heterocycles. The number of allylic oxidation sites excluding steroid dienone is 2. The first-order chi connectivity index (χ1) is 30.4. The zero-order chi connectivity index (χ0) is 46.4. The molecule has 1 aliphatic carbocycles. The van der Waals surface area contributed by atoms with Crippen LogP contribution in [0.3, 0.4) is 0 Å². The lowest BCUT2D eigenvalue weighted by Crippen LogP contribution is -2.64. The molecule has 63 heavy (non-hydrogen) atoms. The molecule has 1 rings (SSSR count). The summed E-state index contributed by atoms with van der Waals surface area (Å²) in [5.41, 5.74) is 0. The van der Waals surface area contributed by atoms with Crippen molar-refractivity contribution in [2.45, 2.75) is 275 Å². The largest absolute Gasteiger partial charge is 0.472 e. The van der Waals surface area contributed by atoms with E-state index >= 15 is 0 Å². The number of phosphoric acid groups is 1. The summed E-state index contributed by atoms with van der Waals surface area (Å²) in [5.74, 6) is -1.14. The fourth-order valence-electron chi connectivity index (χ4n) is 8.01. The third-order valence-corrected chi connectivity index (χ3v) is 13.1. The van der Waals surface area contributed by atoms with Crippen LogP contribution in [0.5, 0.6) is 0 Å². The number of aliphatic hydroxyl groups is 5. The number of unbranched alkanes of at least 4 members (excludes halogenated alkanes) is 29. The minimum Gasteiger partial charge on any atom is -0.462 e. The summed E-state index contributed by atoms with van der Waals surface area (Å²) < 4.78 is 33.6. The Balaban J connectivity index is 2.40. The monoisotopic (exact) mass is 921 g/mol. The lowest BCUT2D eigenvalue weighted by Gasteiger charge is -2.41. The average Bonchev–Trinajstić information content (AvgIpc) is 3.26. The zero-order valence-electron chi connectivity index (χ0n) is 39.6. The van der Waals surface area contributed by atoms with Crippen LogP contribution >= 0.6 is 7.82 Å². The lowest BCUT2D eigenvalue weighted by atomic mass is 9.85. The van der Waals surface area contributed by atoms with Crippen LogP contribution in [0.4, 0.5) is 0 Å². The van der Waals surface area contributed by atoms with Gasteiger partial charge in [-0.15, -0.1) is 0 Å². The van der Waals surface area contributed by atoms with Crippen molar-refractivity contribution >= 4 is 19.8 Å². The summed E-state index contributed by atoms with van der Waals surface area (Å²) in [6.07, 6.45) is 29.9. The first-order valence-corrected chi connectivity index (χ1v) is 27.0. The van der Waals surface area contributed by atoms with E-state index in [1.165, 1.54) is 161 Å². The van der Waals surface area contributed by atoms with Crippen LogP contribution in [0.2, 0.25) is 0 Å². The van der Waals surface area contributed by atoms with E-state index in [0.717, 1.165) is 32.1 Å². The van der Waals surface area contributed by atoms with Gasteiger partial charge in [-0.05, 0) is 25.7 Å². The Hall–Kier alpha value is -1.41. The second-order valence-electron chi connectivity index (χ2n) is 18.0. The Bertz CT molecular complexity index is 1160. The van der Waals surface area contributed by atoms with Crippen LogP contribution in [-0.2, 0) is 32.7 Å². The van der Waals surface area contributed by atoms with Crippen LogP contribution < -0.4 is 0 Å². The number of rotatable bonds is 43. The summed E-state index contributed by atoms with van der Waals surface area (Å²) in [6.45, 7) is 3.31. The molecule has 0 aromatic heterocycles. The SMILES string of the molecule is CCCCCCCCCCCCC/C=C/CCC(=O)O[C@@H](COC(=O)CCCCCCCCCCCCCCCCCCCCC)COP(=O)(O)OC1C(O)C(O)C(O)[C@H](O)C1O. The normalized spacial score (nSPS) is 21.7. The maximum atomic E-state index is 12.8. The Kier molecular flexibility index (Phi) is 37.6. The Morgan fingerprint density at radius 3 is 1.27 bits per heavy atom. The molecule has 1 aliphatic rings. The summed E-state index contributed by atoms with van der Waals surface area (Å²) >= 11 is 0. The third-order valence-electron chi connectivity index (χ3n) is 12.1. The van der Waals surface area contributed by atoms with E-state index in [-0.39, 0.29) is 12.8 Å². The molecule has 0 aromatic rings. The number of hydrogen-bond acceptors (Lipinski definition) is 12. The van der Waals surface area contributed by atoms with E-state index in [1.54, 1.807) is 0 Å². The molecule has 1 saturated carbocycles. The highest BCUT2D eigenvalue weighted by Gasteiger charge is 2.51. The minimum atomic E-state index is -5.12. The number of hydrogen-bond donors (Lipinski definition) is 6. The van der Waals surface area contributed by atoms with Crippen molar-refractivity contribution in [3.8, 4) is 0 Å².